The highest BCUT2D eigenvalue weighted by Gasteiger charge is 2.24. The Labute approximate surface area is 124 Å². The summed E-state index contributed by atoms with van der Waals surface area (Å²) in [5.74, 6) is -1.06. The van der Waals surface area contributed by atoms with E-state index in [0.717, 1.165) is 31.5 Å². The maximum Gasteiger partial charge on any atom is 0.150 e. The summed E-state index contributed by atoms with van der Waals surface area (Å²) < 4.78 is 28.2. The molecule has 0 aliphatic carbocycles. The minimum Gasteiger partial charge on any atom is -0.384 e. The number of nitrogen functional groups attached to an aromatic ring is 1. The van der Waals surface area contributed by atoms with Gasteiger partial charge in [0.1, 0.15) is 23.2 Å². The third-order valence-electron chi connectivity index (χ3n) is 3.88. The van der Waals surface area contributed by atoms with Crippen LogP contribution >= 0.6 is 0 Å². The van der Waals surface area contributed by atoms with Gasteiger partial charge in [-0.05, 0) is 45.0 Å². The second-order valence-corrected chi connectivity index (χ2v) is 5.89. The number of benzene rings is 1. The molecule has 0 radical (unpaired) electrons. The number of nitrogens with one attached hydrogen (secondary N) is 1. The van der Waals surface area contributed by atoms with Gasteiger partial charge in [-0.15, -0.1) is 0 Å². The SMILES string of the molecule is CN(C)CC1CCN(c2c(F)cc(C(=N)N)cc2F)CC1. The van der Waals surface area contributed by atoms with Gasteiger partial charge in [0.05, 0.1) is 0 Å². The highest BCUT2D eigenvalue weighted by Crippen LogP contribution is 2.29. The Morgan fingerprint density at radius 3 is 2.24 bits per heavy atom. The number of nitrogens with zero attached hydrogens (tertiary/aromatic N) is 2. The van der Waals surface area contributed by atoms with E-state index in [1.54, 1.807) is 4.90 Å². The summed E-state index contributed by atoms with van der Waals surface area (Å²) >= 11 is 0. The predicted octanol–water partition coefficient (Wildman–Crippen LogP) is 2.03. The molecule has 1 aliphatic rings. The summed E-state index contributed by atoms with van der Waals surface area (Å²) in [6.07, 6.45) is 1.84. The lowest BCUT2D eigenvalue weighted by atomic mass is 9.96. The molecule has 2 rings (SSSR count). The van der Waals surface area contributed by atoms with Crippen molar-refractivity contribution in [2.45, 2.75) is 12.8 Å². The lowest BCUT2D eigenvalue weighted by Crippen LogP contribution is -2.38. The number of anilines is 1. The minimum absolute atomic E-state index is 0.00306. The van der Waals surface area contributed by atoms with Crippen molar-refractivity contribution >= 4 is 11.5 Å². The fourth-order valence-corrected chi connectivity index (χ4v) is 2.88. The van der Waals surface area contributed by atoms with E-state index < -0.39 is 11.6 Å². The summed E-state index contributed by atoms with van der Waals surface area (Å²) in [6, 6.07) is 2.26. The van der Waals surface area contributed by atoms with Crippen molar-refractivity contribution in [3.8, 4) is 0 Å². The van der Waals surface area contributed by atoms with Gasteiger partial charge in [0.15, 0.2) is 0 Å². The molecule has 1 saturated heterocycles. The Hall–Kier alpha value is -1.69. The number of amidine groups is 1. The van der Waals surface area contributed by atoms with E-state index >= 15 is 0 Å². The first-order valence-electron chi connectivity index (χ1n) is 7.11. The summed E-state index contributed by atoms with van der Waals surface area (Å²) in [6.45, 7) is 2.29. The van der Waals surface area contributed by atoms with Crippen molar-refractivity contribution in [1.82, 2.24) is 4.90 Å². The van der Waals surface area contributed by atoms with E-state index in [1.807, 2.05) is 14.1 Å². The molecule has 6 heteroatoms. The van der Waals surface area contributed by atoms with Crippen LogP contribution in [0.4, 0.5) is 14.5 Å². The predicted molar refractivity (Wildman–Crippen MR) is 80.9 cm³/mol. The molecule has 0 saturated carbocycles. The summed E-state index contributed by atoms with van der Waals surface area (Å²) in [4.78, 5) is 3.89. The Bertz CT molecular complexity index is 499. The van der Waals surface area contributed by atoms with Gasteiger partial charge in [-0.25, -0.2) is 8.78 Å². The van der Waals surface area contributed by atoms with Gasteiger partial charge in [0.2, 0.25) is 0 Å². The molecule has 0 atom stereocenters. The Morgan fingerprint density at radius 1 is 1.29 bits per heavy atom. The zero-order valence-electron chi connectivity index (χ0n) is 12.5. The molecule has 0 spiro atoms. The normalized spacial score (nSPS) is 16.5. The van der Waals surface area contributed by atoms with Crippen LogP contribution in [-0.4, -0.2) is 44.5 Å². The van der Waals surface area contributed by atoms with Crippen molar-refractivity contribution in [2.75, 3.05) is 38.6 Å². The third-order valence-corrected chi connectivity index (χ3v) is 3.88. The van der Waals surface area contributed by atoms with Gasteiger partial charge in [0, 0.05) is 25.2 Å². The van der Waals surface area contributed by atoms with Gasteiger partial charge in [-0.3, -0.25) is 5.41 Å². The Kier molecular flexibility index (Phi) is 4.77. The average Bonchev–Trinajstić information content (AvgIpc) is 2.39. The first-order chi connectivity index (χ1) is 9.88. The smallest absolute Gasteiger partial charge is 0.150 e. The molecule has 1 fully saturated rings. The average molecular weight is 296 g/mol. The molecule has 116 valence electrons. The van der Waals surface area contributed by atoms with Gasteiger partial charge in [0.25, 0.3) is 0 Å². The maximum atomic E-state index is 14.1. The molecule has 0 aromatic heterocycles. The molecule has 0 bridgehead atoms. The monoisotopic (exact) mass is 296 g/mol. The lowest BCUT2D eigenvalue weighted by molar-refractivity contribution is 0.284. The van der Waals surface area contributed by atoms with Crippen molar-refractivity contribution in [1.29, 1.82) is 5.41 Å². The molecular formula is C15H22F2N4. The van der Waals surface area contributed by atoms with E-state index in [0.29, 0.717) is 19.0 Å². The number of rotatable bonds is 4. The standard InChI is InChI=1S/C15H22F2N4/c1-20(2)9-10-3-5-21(6-4-10)14-12(16)7-11(15(18)19)8-13(14)17/h7-8,10H,3-6,9H2,1-2H3,(H3,18,19). The van der Waals surface area contributed by atoms with Gasteiger partial charge < -0.3 is 15.5 Å². The number of hydrogen-bond donors (Lipinski definition) is 2. The number of halogens is 2. The number of nitrogens with two attached hydrogens (primary N) is 1. The van der Waals surface area contributed by atoms with E-state index in [9.17, 15) is 8.78 Å². The molecular weight excluding hydrogens is 274 g/mol. The van der Waals surface area contributed by atoms with Gasteiger partial charge in [-0.2, -0.15) is 0 Å². The summed E-state index contributed by atoms with van der Waals surface area (Å²) in [5, 5.41) is 7.26. The molecule has 0 unspecified atom stereocenters. The van der Waals surface area contributed by atoms with Crippen molar-refractivity contribution in [2.24, 2.45) is 11.7 Å². The van der Waals surface area contributed by atoms with Crippen molar-refractivity contribution < 1.29 is 8.78 Å². The quantitative estimate of drug-likeness (QED) is 0.660. The lowest BCUT2D eigenvalue weighted by Gasteiger charge is -2.35. The van der Waals surface area contributed by atoms with Crippen molar-refractivity contribution in [3.05, 3.63) is 29.3 Å². The van der Waals surface area contributed by atoms with Crippen LogP contribution in [0.3, 0.4) is 0 Å². The van der Waals surface area contributed by atoms with Crippen LogP contribution in [0.25, 0.3) is 0 Å². The highest BCUT2D eigenvalue weighted by molar-refractivity contribution is 5.95. The fraction of sp³-hybridized carbons (Fsp3) is 0.533. The molecule has 0 amide bonds. The van der Waals surface area contributed by atoms with E-state index in [2.05, 4.69) is 4.90 Å². The molecule has 21 heavy (non-hydrogen) atoms. The first-order valence-corrected chi connectivity index (χ1v) is 7.11. The highest BCUT2D eigenvalue weighted by atomic mass is 19.1. The number of piperidine rings is 1. The maximum absolute atomic E-state index is 14.1. The van der Waals surface area contributed by atoms with E-state index in [4.69, 9.17) is 11.1 Å². The van der Waals surface area contributed by atoms with Crippen LogP contribution < -0.4 is 10.6 Å². The Balaban J connectivity index is 2.12. The molecule has 3 N–H and O–H groups in total. The Morgan fingerprint density at radius 2 is 1.81 bits per heavy atom. The van der Waals surface area contributed by atoms with E-state index in [-0.39, 0.29) is 17.1 Å². The van der Waals surface area contributed by atoms with Crippen LogP contribution in [0.15, 0.2) is 12.1 Å². The summed E-state index contributed by atoms with van der Waals surface area (Å²) in [5.41, 5.74) is 5.36. The largest absolute Gasteiger partial charge is 0.384 e. The molecule has 1 aromatic rings. The second-order valence-electron chi connectivity index (χ2n) is 5.89. The molecule has 1 heterocycles. The van der Waals surface area contributed by atoms with Gasteiger partial charge >= 0.3 is 0 Å². The molecule has 4 nitrogen and oxygen atoms in total. The third kappa shape index (κ3) is 3.69. The minimum atomic E-state index is -0.647. The van der Waals surface area contributed by atoms with Crippen LogP contribution in [0, 0.1) is 23.0 Å². The first kappa shape index (κ1) is 15.7. The topological polar surface area (TPSA) is 56.4 Å². The zero-order chi connectivity index (χ0) is 15.6. The molecule has 1 aromatic carbocycles. The number of hydrogen-bond acceptors (Lipinski definition) is 3. The van der Waals surface area contributed by atoms with Crippen LogP contribution in [0.5, 0.6) is 0 Å². The molecule has 1 aliphatic heterocycles. The second kappa shape index (κ2) is 6.39. The van der Waals surface area contributed by atoms with E-state index in [1.165, 1.54) is 0 Å². The fourth-order valence-electron chi connectivity index (χ4n) is 2.88. The summed E-state index contributed by atoms with van der Waals surface area (Å²) in [7, 11) is 4.07. The van der Waals surface area contributed by atoms with Crippen LogP contribution in [-0.2, 0) is 0 Å². The van der Waals surface area contributed by atoms with Crippen LogP contribution in [0.1, 0.15) is 18.4 Å². The van der Waals surface area contributed by atoms with Crippen molar-refractivity contribution in [3.63, 3.8) is 0 Å². The zero-order valence-corrected chi connectivity index (χ0v) is 12.5. The van der Waals surface area contributed by atoms with Crippen LogP contribution in [0.2, 0.25) is 0 Å². The van der Waals surface area contributed by atoms with Gasteiger partial charge in [-0.1, -0.05) is 0 Å².